The molecule has 0 saturated heterocycles. The summed E-state index contributed by atoms with van der Waals surface area (Å²) in [5, 5.41) is 2.93. The lowest BCUT2D eigenvalue weighted by atomic mass is 10.1. The fraction of sp³-hybridized carbons (Fsp3) is 0.192. The molecule has 33 heavy (non-hydrogen) atoms. The number of H-pyrrole nitrogens is 1. The molecule has 0 radical (unpaired) electrons. The molecule has 4 aromatic rings. The molecular formula is C26H24N4O3. The van der Waals surface area contributed by atoms with Gasteiger partial charge in [0, 0.05) is 12.1 Å². The minimum absolute atomic E-state index is 0.0828. The second kappa shape index (κ2) is 8.78. The highest BCUT2D eigenvalue weighted by Crippen LogP contribution is 2.33. The maximum Gasteiger partial charge on any atom is 0.265 e. The molecule has 166 valence electrons. The largest absolute Gasteiger partial charge is 0.482 e. The molecule has 2 N–H and O–H groups in total. The average Bonchev–Trinajstić information content (AvgIpc) is 3.25. The van der Waals surface area contributed by atoms with E-state index in [1.807, 2.05) is 48.5 Å². The Bertz CT molecular complexity index is 1320. The van der Waals surface area contributed by atoms with Gasteiger partial charge in [0.05, 0.1) is 16.7 Å². The number of aromatic amines is 1. The highest BCUT2D eigenvalue weighted by atomic mass is 16.5. The van der Waals surface area contributed by atoms with Crippen molar-refractivity contribution in [1.29, 1.82) is 0 Å². The molecule has 0 aliphatic carbocycles. The third-order valence-electron chi connectivity index (χ3n) is 5.80. The summed E-state index contributed by atoms with van der Waals surface area (Å²) in [5.41, 5.74) is 4.21. The fourth-order valence-corrected chi connectivity index (χ4v) is 4.08. The number of fused-ring (bicyclic) bond motifs is 2. The number of rotatable bonds is 6. The van der Waals surface area contributed by atoms with Gasteiger partial charge in [0.1, 0.15) is 17.6 Å². The quantitative estimate of drug-likeness (QED) is 0.473. The van der Waals surface area contributed by atoms with E-state index in [1.54, 1.807) is 19.1 Å². The zero-order valence-corrected chi connectivity index (χ0v) is 18.2. The Kier molecular flexibility index (Phi) is 5.52. The second-order valence-corrected chi connectivity index (χ2v) is 8.09. The Morgan fingerprint density at radius 1 is 1.09 bits per heavy atom. The first kappa shape index (κ1) is 20.8. The summed E-state index contributed by atoms with van der Waals surface area (Å²) in [6.45, 7) is 1.63. The molecule has 1 unspecified atom stereocenters. The number of nitrogens with zero attached hydrogens (tertiary/aromatic N) is 2. The molecule has 3 aromatic carbocycles. The van der Waals surface area contributed by atoms with Gasteiger partial charge < -0.3 is 15.0 Å². The van der Waals surface area contributed by atoms with E-state index in [-0.39, 0.29) is 18.4 Å². The molecule has 2 amide bonds. The van der Waals surface area contributed by atoms with Gasteiger partial charge in [0.15, 0.2) is 6.61 Å². The van der Waals surface area contributed by atoms with Gasteiger partial charge in [0.25, 0.3) is 5.91 Å². The number of imidazole rings is 1. The molecular weight excluding hydrogens is 416 g/mol. The van der Waals surface area contributed by atoms with E-state index in [2.05, 4.69) is 27.4 Å². The molecule has 1 aliphatic heterocycles. The molecule has 0 spiro atoms. The lowest BCUT2D eigenvalue weighted by Gasteiger charge is -2.33. The molecule has 1 atom stereocenters. The van der Waals surface area contributed by atoms with Crippen molar-refractivity contribution in [3.63, 3.8) is 0 Å². The van der Waals surface area contributed by atoms with Crippen molar-refractivity contribution in [3.8, 4) is 5.75 Å². The van der Waals surface area contributed by atoms with E-state index >= 15 is 0 Å². The normalized spacial score (nSPS) is 14.0. The number of hydrogen-bond acceptors (Lipinski definition) is 4. The van der Waals surface area contributed by atoms with Crippen molar-refractivity contribution < 1.29 is 14.3 Å². The Hall–Kier alpha value is -4.13. The maximum atomic E-state index is 13.0. The summed E-state index contributed by atoms with van der Waals surface area (Å²) >= 11 is 0. The van der Waals surface area contributed by atoms with Crippen LogP contribution in [0.25, 0.3) is 11.0 Å². The van der Waals surface area contributed by atoms with Crippen LogP contribution in [0.4, 0.5) is 11.4 Å². The summed E-state index contributed by atoms with van der Waals surface area (Å²) in [7, 11) is 0. The van der Waals surface area contributed by atoms with Crippen LogP contribution >= 0.6 is 0 Å². The van der Waals surface area contributed by atoms with Crippen LogP contribution in [0.2, 0.25) is 0 Å². The van der Waals surface area contributed by atoms with Crippen LogP contribution < -0.4 is 15.0 Å². The van der Waals surface area contributed by atoms with Gasteiger partial charge in [-0.1, -0.05) is 42.5 Å². The Labute approximate surface area is 191 Å². The number of para-hydroxylation sites is 2. The number of anilines is 2. The number of ether oxygens (including phenoxy) is 1. The van der Waals surface area contributed by atoms with Crippen molar-refractivity contribution >= 4 is 34.2 Å². The van der Waals surface area contributed by atoms with Gasteiger partial charge in [0.2, 0.25) is 5.91 Å². The number of benzene rings is 3. The van der Waals surface area contributed by atoms with E-state index < -0.39 is 6.04 Å². The fourth-order valence-electron chi connectivity index (χ4n) is 4.08. The zero-order valence-electron chi connectivity index (χ0n) is 18.2. The predicted octanol–water partition coefficient (Wildman–Crippen LogP) is 4.10. The average molecular weight is 441 g/mol. The van der Waals surface area contributed by atoms with Crippen LogP contribution in [-0.4, -0.2) is 34.4 Å². The number of amides is 2. The maximum absolute atomic E-state index is 13.0. The van der Waals surface area contributed by atoms with Gasteiger partial charge in [-0.3, -0.25) is 14.5 Å². The topological polar surface area (TPSA) is 87.3 Å². The SMILES string of the molecule is CC(C(=O)Nc1ccc2nc(CCc3ccccc3)[nH]c2c1)N1C(=O)COc2ccccc21. The van der Waals surface area contributed by atoms with Gasteiger partial charge in [-0.2, -0.15) is 0 Å². The summed E-state index contributed by atoms with van der Waals surface area (Å²) in [4.78, 5) is 35.0. The van der Waals surface area contributed by atoms with Crippen molar-refractivity contribution in [2.24, 2.45) is 0 Å². The summed E-state index contributed by atoms with van der Waals surface area (Å²) < 4.78 is 5.48. The summed E-state index contributed by atoms with van der Waals surface area (Å²) in [6.07, 6.45) is 1.70. The molecule has 2 heterocycles. The first-order chi connectivity index (χ1) is 16.1. The summed E-state index contributed by atoms with van der Waals surface area (Å²) in [5.74, 6) is 0.978. The minimum Gasteiger partial charge on any atom is -0.482 e. The van der Waals surface area contributed by atoms with Crippen LogP contribution in [0.1, 0.15) is 18.3 Å². The molecule has 1 aliphatic rings. The van der Waals surface area contributed by atoms with Crippen LogP contribution in [0.3, 0.4) is 0 Å². The molecule has 0 fully saturated rings. The molecule has 0 saturated carbocycles. The lowest BCUT2D eigenvalue weighted by molar-refractivity contribution is -0.125. The van der Waals surface area contributed by atoms with Crippen molar-refractivity contribution in [1.82, 2.24) is 9.97 Å². The first-order valence-corrected chi connectivity index (χ1v) is 11.0. The number of aromatic nitrogens is 2. The van der Waals surface area contributed by atoms with Crippen LogP contribution in [0.5, 0.6) is 5.75 Å². The molecule has 7 nitrogen and oxygen atoms in total. The van der Waals surface area contributed by atoms with E-state index in [0.29, 0.717) is 17.1 Å². The highest BCUT2D eigenvalue weighted by Gasteiger charge is 2.32. The van der Waals surface area contributed by atoms with E-state index in [9.17, 15) is 9.59 Å². The molecule has 1 aromatic heterocycles. The number of carbonyl (C=O) groups excluding carboxylic acids is 2. The van der Waals surface area contributed by atoms with Gasteiger partial charge in [-0.25, -0.2) is 4.98 Å². The van der Waals surface area contributed by atoms with Crippen LogP contribution in [0, 0.1) is 0 Å². The van der Waals surface area contributed by atoms with Gasteiger partial charge >= 0.3 is 0 Å². The number of hydrogen-bond donors (Lipinski definition) is 2. The first-order valence-electron chi connectivity index (χ1n) is 11.0. The molecule has 0 bridgehead atoms. The van der Waals surface area contributed by atoms with Crippen molar-refractivity contribution in [2.75, 3.05) is 16.8 Å². The Morgan fingerprint density at radius 3 is 2.73 bits per heavy atom. The Balaban J connectivity index is 1.29. The van der Waals surface area contributed by atoms with Crippen molar-refractivity contribution in [2.45, 2.75) is 25.8 Å². The second-order valence-electron chi connectivity index (χ2n) is 8.09. The summed E-state index contributed by atoms with van der Waals surface area (Å²) in [6, 6.07) is 22.4. The number of carbonyl (C=O) groups is 2. The highest BCUT2D eigenvalue weighted by molar-refractivity contribution is 6.07. The van der Waals surface area contributed by atoms with E-state index in [0.717, 1.165) is 29.7 Å². The molecule has 7 heteroatoms. The third-order valence-corrected chi connectivity index (χ3v) is 5.80. The third kappa shape index (κ3) is 4.30. The lowest BCUT2D eigenvalue weighted by Crippen LogP contribution is -2.49. The minimum atomic E-state index is -0.693. The van der Waals surface area contributed by atoms with Crippen LogP contribution in [-0.2, 0) is 22.4 Å². The molecule has 5 rings (SSSR count). The monoisotopic (exact) mass is 440 g/mol. The number of aryl methyl sites for hydroxylation is 2. The predicted molar refractivity (Wildman–Crippen MR) is 127 cm³/mol. The zero-order chi connectivity index (χ0) is 22.8. The van der Waals surface area contributed by atoms with Gasteiger partial charge in [-0.15, -0.1) is 0 Å². The smallest absolute Gasteiger partial charge is 0.265 e. The number of nitrogens with one attached hydrogen (secondary N) is 2. The van der Waals surface area contributed by atoms with Crippen molar-refractivity contribution in [3.05, 3.63) is 84.2 Å². The standard InChI is InChI=1S/C26H24N4O3/c1-17(30-22-9-5-6-10-23(22)33-16-25(30)31)26(32)27-19-12-13-20-21(15-19)29-24(28-20)14-11-18-7-3-2-4-8-18/h2-10,12-13,15,17H,11,14,16H2,1H3,(H,27,32)(H,28,29). The van der Waals surface area contributed by atoms with E-state index in [1.165, 1.54) is 10.5 Å². The Morgan fingerprint density at radius 2 is 1.88 bits per heavy atom. The van der Waals surface area contributed by atoms with Crippen LogP contribution in [0.15, 0.2) is 72.8 Å². The van der Waals surface area contributed by atoms with E-state index in [4.69, 9.17) is 4.74 Å². The van der Waals surface area contributed by atoms with Gasteiger partial charge in [-0.05, 0) is 49.2 Å².